The van der Waals surface area contributed by atoms with E-state index in [-0.39, 0.29) is 22.8 Å². The predicted molar refractivity (Wildman–Crippen MR) is 115 cm³/mol. The molecule has 0 fully saturated rings. The highest BCUT2D eigenvalue weighted by molar-refractivity contribution is 6.16. The molecule has 2 heterocycles. The van der Waals surface area contributed by atoms with E-state index in [0.717, 1.165) is 0 Å². The number of para-hydroxylation sites is 2. The summed E-state index contributed by atoms with van der Waals surface area (Å²) in [5.41, 5.74) is 1.79. The Morgan fingerprint density at radius 3 is 2.81 bits per heavy atom. The molecule has 3 aromatic carbocycles. The monoisotopic (exact) mass is 414 g/mol. The summed E-state index contributed by atoms with van der Waals surface area (Å²) in [7, 11) is 1.45. The molecule has 0 atom stereocenters. The summed E-state index contributed by atoms with van der Waals surface area (Å²) in [4.78, 5) is 17.7. The Morgan fingerprint density at radius 1 is 1.13 bits per heavy atom. The van der Waals surface area contributed by atoms with E-state index >= 15 is 0 Å². The lowest BCUT2D eigenvalue weighted by Gasteiger charge is -2.05. The summed E-state index contributed by atoms with van der Waals surface area (Å²) in [5.74, 6) is 0.0325. The fraction of sp³-hybridized carbons (Fsp3) is 0.0435. The smallest absolute Gasteiger partial charge is 0.266 e. The van der Waals surface area contributed by atoms with E-state index in [0.29, 0.717) is 33.5 Å². The van der Waals surface area contributed by atoms with Crippen molar-refractivity contribution in [3.05, 3.63) is 93.8 Å². The van der Waals surface area contributed by atoms with E-state index in [4.69, 9.17) is 4.74 Å². The Balaban J connectivity index is 1.70. The van der Waals surface area contributed by atoms with Gasteiger partial charge in [0.05, 0.1) is 29.9 Å². The Morgan fingerprint density at radius 2 is 1.97 bits per heavy atom. The molecular weight excluding hydrogens is 399 g/mol. The van der Waals surface area contributed by atoms with Crippen molar-refractivity contribution in [2.45, 2.75) is 0 Å². The minimum atomic E-state index is -0.466. The number of phenols is 1. The number of fused-ring (bicyclic) bond motifs is 4. The van der Waals surface area contributed by atoms with Crippen molar-refractivity contribution in [3.63, 3.8) is 0 Å². The summed E-state index contributed by atoms with van der Waals surface area (Å²) < 4.78 is 20.5. The number of aromatic nitrogens is 2. The first-order chi connectivity index (χ1) is 15.1. The minimum absolute atomic E-state index is 0.0763. The topological polar surface area (TPSA) is 89.1 Å². The zero-order chi connectivity index (χ0) is 21.5. The first kappa shape index (κ1) is 18.7. The number of halogens is 1. The molecule has 8 heteroatoms. The van der Waals surface area contributed by atoms with E-state index < -0.39 is 5.82 Å². The van der Waals surface area contributed by atoms with Crippen LogP contribution >= 0.6 is 0 Å². The fourth-order valence-corrected chi connectivity index (χ4v) is 3.58. The molecule has 1 aliphatic rings. The van der Waals surface area contributed by atoms with Gasteiger partial charge in [-0.15, -0.1) is 5.10 Å². The predicted octanol–water partition coefficient (Wildman–Crippen LogP) is 3.42. The van der Waals surface area contributed by atoms with Crippen LogP contribution in [0.3, 0.4) is 0 Å². The van der Waals surface area contributed by atoms with Crippen LogP contribution in [-0.4, -0.2) is 33.7 Å². The van der Waals surface area contributed by atoms with Crippen LogP contribution in [0.2, 0.25) is 0 Å². The van der Waals surface area contributed by atoms with Gasteiger partial charge < -0.3 is 9.84 Å². The fourth-order valence-electron chi connectivity index (χ4n) is 3.58. The van der Waals surface area contributed by atoms with Crippen molar-refractivity contribution in [2.75, 3.05) is 7.11 Å². The largest absolute Gasteiger partial charge is 0.504 e. The maximum atomic E-state index is 14.0. The number of methoxy groups -OCH3 is 1. The van der Waals surface area contributed by atoms with E-state index in [1.807, 2.05) is 0 Å². The summed E-state index contributed by atoms with van der Waals surface area (Å²) in [6.07, 6.45) is 1.35. The van der Waals surface area contributed by atoms with Gasteiger partial charge in [0.1, 0.15) is 11.5 Å². The number of ether oxygens (including phenoxy) is 1. The molecule has 1 aliphatic heterocycles. The van der Waals surface area contributed by atoms with Gasteiger partial charge in [-0.05, 0) is 42.5 Å². The first-order valence-electron chi connectivity index (χ1n) is 9.38. The van der Waals surface area contributed by atoms with Gasteiger partial charge in [0.2, 0.25) is 0 Å². The molecule has 1 N–H and O–H groups in total. The van der Waals surface area contributed by atoms with Gasteiger partial charge in [0.25, 0.3) is 5.56 Å². The maximum Gasteiger partial charge on any atom is 0.266 e. The minimum Gasteiger partial charge on any atom is -0.504 e. The standard InChI is InChI=1S/C23H15FN4O3/c1-31-19-8-4-5-13(21(19)29)12-25-27-20-16-11-14(24)9-10-18(16)28-22(20)26-17-7-3-2-6-15(17)23(28)30/h2-12,29H,1H3/b25-12+,27-20-. The number of hydrogen-bond acceptors (Lipinski definition) is 6. The summed E-state index contributed by atoms with van der Waals surface area (Å²) in [6, 6.07) is 16.0. The van der Waals surface area contributed by atoms with Crippen LogP contribution in [0, 0.1) is 5.82 Å². The highest BCUT2D eigenvalue weighted by atomic mass is 19.1. The molecule has 0 saturated heterocycles. The quantitative estimate of drug-likeness (QED) is 0.362. The summed E-state index contributed by atoms with van der Waals surface area (Å²) in [6.45, 7) is 0. The number of nitrogens with zero attached hydrogens (tertiary/aromatic N) is 4. The average molecular weight is 414 g/mol. The van der Waals surface area contributed by atoms with Gasteiger partial charge in [0, 0.05) is 11.1 Å². The van der Waals surface area contributed by atoms with E-state index in [2.05, 4.69) is 15.2 Å². The second-order valence-electron chi connectivity index (χ2n) is 6.85. The van der Waals surface area contributed by atoms with Crippen LogP contribution in [0.4, 0.5) is 4.39 Å². The lowest BCUT2D eigenvalue weighted by molar-refractivity contribution is 0.373. The first-order valence-corrected chi connectivity index (χ1v) is 9.38. The number of phenolic OH excluding ortho intramolecular Hbond substituents is 1. The molecule has 0 aliphatic carbocycles. The van der Waals surface area contributed by atoms with Crippen molar-refractivity contribution in [1.82, 2.24) is 9.55 Å². The van der Waals surface area contributed by atoms with Crippen LogP contribution in [0.25, 0.3) is 16.6 Å². The number of hydrogen-bond donors (Lipinski definition) is 1. The zero-order valence-electron chi connectivity index (χ0n) is 16.3. The molecule has 152 valence electrons. The number of aromatic hydroxyl groups is 1. The molecule has 0 unspecified atom stereocenters. The third-order valence-electron chi connectivity index (χ3n) is 5.05. The van der Waals surface area contributed by atoms with E-state index in [1.165, 1.54) is 36.1 Å². The van der Waals surface area contributed by atoms with E-state index in [9.17, 15) is 14.3 Å². The van der Waals surface area contributed by atoms with Gasteiger partial charge in [-0.3, -0.25) is 9.36 Å². The summed E-state index contributed by atoms with van der Waals surface area (Å²) in [5, 5.41) is 19.0. The van der Waals surface area contributed by atoms with Gasteiger partial charge in [0.15, 0.2) is 17.3 Å². The Kier molecular flexibility index (Phi) is 4.32. The van der Waals surface area contributed by atoms with E-state index in [1.54, 1.807) is 42.5 Å². The average Bonchev–Trinajstić information content (AvgIpc) is 3.08. The van der Waals surface area contributed by atoms with Gasteiger partial charge in [-0.25, -0.2) is 9.37 Å². The third-order valence-corrected chi connectivity index (χ3v) is 5.05. The molecule has 4 aromatic rings. The highest BCUT2D eigenvalue weighted by Crippen LogP contribution is 2.29. The van der Waals surface area contributed by atoms with Crippen molar-refractivity contribution < 1.29 is 14.2 Å². The Bertz CT molecular complexity index is 1470. The molecule has 0 spiro atoms. The molecule has 0 radical (unpaired) electrons. The maximum absolute atomic E-state index is 14.0. The Hall–Kier alpha value is -4.33. The molecule has 0 amide bonds. The summed E-state index contributed by atoms with van der Waals surface area (Å²) >= 11 is 0. The normalized spacial score (nSPS) is 13.7. The SMILES string of the molecule is COc1cccc(/C=N/N=C2/c3cc(F)ccc3-n3c2nc2ccccc2c3=O)c1O. The molecule has 0 bridgehead atoms. The Labute approximate surface area is 175 Å². The van der Waals surface area contributed by atoms with Crippen LogP contribution in [0.1, 0.15) is 17.0 Å². The molecule has 5 rings (SSSR count). The van der Waals surface area contributed by atoms with Gasteiger partial charge in [-0.1, -0.05) is 18.2 Å². The van der Waals surface area contributed by atoms with Crippen LogP contribution in [0.15, 0.2) is 75.7 Å². The molecule has 0 saturated carbocycles. The second kappa shape index (κ2) is 7.17. The lowest BCUT2D eigenvalue weighted by atomic mass is 10.1. The lowest BCUT2D eigenvalue weighted by Crippen LogP contribution is -2.21. The second-order valence-corrected chi connectivity index (χ2v) is 6.85. The van der Waals surface area contributed by atoms with Gasteiger partial charge in [-0.2, -0.15) is 5.10 Å². The third kappa shape index (κ3) is 2.96. The van der Waals surface area contributed by atoms with Crippen molar-refractivity contribution in [2.24, 2.45) is 10.2 Å². The van der Waals surface area contributed by atoms with Crippen LogP contribution < -0.4 is 10.3 Å². The van der Waals surface area contributed by atoms with Crippen molar-refractivity contribution in [3.8, 4) is 17.2 Å². The molecular formula is C23H15FN4O3. The van der Waals surface area contributed by atoms with Crippen LogP contribution in [-0.2, 0) is 0 Å². The number of benzene rings is 3. The molecule has 1 aromatic heterocycles. The van der Waals surface area contributed by atoms with Crippen molar-refractivity contribution in [1.29, 1.82) is 0 Å². The number of rotatable bonds is 3. The molecule has 7 nitrogen and oxygen atoms in total. The zero-order valence-corrected chi connectivity index (χ0v) is 16.3. The van der Waals surface area contributed by atoms with Crippen molar-refractivity contribution >= 4 is 22.8 Å². The molecule has 31 heavy (non-hydrogen) atoms. The van der Waals surface area contributed by atoms with Gasteiger partial charge >= 0.3 is 0 Å². The van der Waals surface area contributed by atoms with Crippen LogP contribution in [0.5, 0.6) is 11.5 Å². The highest BCUT2D eigenvalue weighted by Gasteiger charge is 2.29.